The fraction of sp³-hybridized carbons (Fsp3) is 0.481. The fourth-order valence-corrected chi connectivity index (χ4v) is 4.49. The number of amides is 2. The van der Waals surface area contributed by atoms with E-state index >= 15 is 0 Å². The van der Waals surface area contributed by atoms with Crippen LogP contribution < -0.4 is 10.1 Å². The second-order valence-electron chi connectivity index (χ2n) is 8.84. The predicted octanol–water partition coefficient (Wildman–Crippen LogP) is 3.09. The van der Waals surface area contributed by atoms with Crippen molar-refractivity contribution in [3.63, 3.8) is 0 Å². The molecule has 0 unspecified atom stereocenters. The Morgan fingerprint density at radius 2 is 1.97 bits per heavy atom. The summed E-state index contributed by atoms with van der Waals surface area (Å²) in [5, 5.41) is 14.0. The molecular formula is C27H35FN2O5. The Labute approximate surface area is 206 Å². The highest BCUT2D eigenvalue weighted by Gasteiger charge is 2.38. The number of nitrogens with zero attached hydrogens (tertiary/aromatic N) is 1. The van der Waals surface area contributed by atoms with Crippen molar-refractivity contribution in [2.24, 2.45) is 5.92 Å². The number of halogens is 1. The second kappa shape index (κ2) is 13.2. The Hall–Kier alpha value is -2.97. The van der Waals surface area contributed by atoms with E-state index in [1.54, 1.807) is 11.0 Å². The Morgan fingerprint density at radius 1 is 1.20 bits per heavy atom. The molecule has 2 amide bonds. The summed E-state index contributed by atoms with van der Waals surface area (Å²) < 4.78 is 25.1. The average Bonchev–Trinajstić information content (AvgIpc) is 2.82. The molecule has 190 valence electrons. The van der Waals surface area contributed by atoms with Crippen molar-refractivity contribution in [3.05, 3.63) is 65.5 Å². The summed E-state index contributed by atoms with van der Waals surface area (Å²) in [5.41, 5.74) is 1.57. The maximum Gasteiger partial charge on any atom is 0.228 e. The highest BCUT2D eigenvalue weighted by atomic mass is 19.1. The molecule has 2 aromatic carbocycles. The number of likely N-dealkylation sites (tertiary alicyclic amines) is 1. The van der Waals surface area contributed by atoms with Crippen LogP contribution in [-0.2, 0) is 27.3 Å². The number of piperidine rings is 1. The summed E-state index contributed by atoms with van der Waals surface area (Å²) in [5.74, 6) is -1.25. The third kappa shape index (κ3) is 8.04. The molecule has 0 bridgehead atoms. The summed E-state index contributed by atoms with van der Waals surface area (Å²) >= 11 is 0. The number of nitrogens with one attached hydrogen (secondary N) is 1. The molecule has 2 aromatic rings. The summed E-state index contributed by atoms with van der Waals surface area (Å²) in [7, 11) is 0. The molecule has 0 aliphatic carbocycles. The van der Waals surface area contributed by atoms with Crippen LogP contribution in [0.4, 0.5) is 4.39 Å². The zero-order valence-electron chi connectivity index (χ0n) is 20.4. The SMILES string of the molecule is CCOCCOc1cc(F)cc(C[C@H](NC(C)=O)[C@H](O)[C@@H]2CCCN(Cc3ccccc3)C2=O)c1. The van der Waals surface area contributed by atoms with Crippen LogP contribution in [0.25, 0.3) is 0 Å². The third-order valence-corrected chi connectivity index (χ3v) is 6.09. The Bertz CT molecular complexity index is 971. The van der Waals surface area contributed by atoms with Gasteiger partial charge in [0.1, 0.15) is 18.2 Å². The Balaban J connectivity index is 1.72. The minimum atomic E-state index is -1.12. The molecule has 0 spiro atoms. The van der Waals surface area contributed by atoms with Gasteiger partial charge in [-0.2, -0.15) is 0 Å². The van der Waals surface area contributed by atoms with E-state index in [1.807, 2.05) is 37.3 Å². The molecule has 1 saturated heterocycles. The van der Waals surface area contributed by atoms with Gasteiger partial charge in [0, 0.05) is 32.7 Å². The quantitative estimate of drug-likeness (QED) is 0.450. The predicted molar refractivity (Wildman–Crippen MR) is 130 cm³/mol. The standard InChI is InChI=1S/C27H35FN2O5/c1-3-34-12-13-35-23-15-21(14-22(28)17-23)16-25(29-19(2)31)26(32)24-10-7-11-30(27(24)33)18-20-8-5-4-6-9-20/h4-6,8-9,14-15,17,24-26,32H,3,7,10-13,16,18H2,1-2H3,(H,29,31)/t24-,25-,26+/m0/s1. The first kappa shape index (κ1) is 26.6. The molecule has 8 heteroatoms. The van der Waals surface area contributed by atoms with E-state index in [2.05, 4.69) is 5.32 Å². The van der Waals surface area contributed by atoms with E-state index in [9.17, 15) is 19.1 Å². The molecule has 35 heavy (non-hydrogen) atoms. The molecule has 0 aromatic heterocycles. The number of rotatable bonds is 12. The molecule has 3 rings (SSSR count). The first-order valence-corrected chi connectivity index (χ1v) is 12.1. The number of carbonyl (C=O) groups excluding carboxylic acids is 2. The highest BCUT2D eigenvalue weighted by molar-refractivity contribution is 5.80. The van der Waals surface area contributed by atoms with E-state index < -0.39 is 23.9 Å². The lowest BCUT2D eigenvalue weighted by Crippen LogP contribution is -2.53. The fourth-order valence-electron chi connectivity index (χ4n) is 4.49. The number of ether oxygens (including phenoxy) is 2. The molecular weight excluding hydrogens is 451 g/mol. The van der Waals surface area contributed by atoms with Crippen LogP contribution in [-0.4, -0.2) is 60.3 Å². The van der Waals surface area contributed by atoms with E-state index in [0.29, 0.717) is 44.0 Å². The van der Waals surface area contributed by atoms with Crippen molar-refractivity contribution in [3.8, 4) is 5.75 Å². The van der Waals surface area contributed by atoms with Gasteiger partial charge in [-0.25, -0.2) is 4.39 Å². The van der Waals surface area contributed by atoms with E-state index in [1.165, 1.54) is 19.1 Å². The molecule has 1 aliphatic rings. The van der Waals surface area contributed by atoms with Gasteiger partial charge in [-0.15, -0.1) is 0 Å². The monoisotopic (exact) mass is 486 g/mol. The van der Waals surface area contributed by atoms with Gasteiger partial charge < -0.3 is 24.8 Å². The van der Waals surface area contributed by atoms with Gasteiger partial charge in [0.15, 0.2) is 0 Å². The normalized spacial score (nSPS) is 17.7. The van der Waals surface area contributed by atoms with Gasteiger partial charge in [0.2, 0.25) is 11.8 Å². The van der Waals surface area contributed by atoms with Crippen molar-refractivity contribution in [1.29, 1.82) is 0 Å². The number of benzene rings is 2. The van der Waals surface area contributed by atoms with E-state index in [4.69, 9.17) is 9.47 Å². The molecule has 7 nitrogen and oxygen atoms in total. The Morgan fingerprint density at radius 3 is 2.69 bits per heavy atom. The molecule has 1 heterocycles. The van der Waals surface area contributed by atoms with Crippen LogP contribution in [0.1, 0.15) is 37.8 Å². The first-order valence-electron chi connectivity index (χ1n) is 12.1. The van der Waals surface area contributed by atoms with Crippen LogP contribution >= 0.6 is 0 Å². The minimum absolute atomic E-state index is 0.137. The van der Waals surface area contributed by atoms with Crippen molar-refractivity contribution in [2.75, 3.05) is 26.4 Å². The number of hydrogen-bond acceptors (Lipinski definition) is 5. The maximum absolute atomic E-state index is 14.3. The summed E-state index contributed by atoms with van der Waals surface area (Å²) in [6, 6.07) is 13.3. The molecule has 1 fully saturated rings. The van der Waals surface area contributed by atoms with Crippen molar-refractivity contribution >= 4 is 11.8 Å². The van der Waals surface area contributed by atoms with Gasteiger partial charge in [0.05, 0.1) is 24.7 Å². The second-order valence-corrected chi connectivity index (χ2v) is 8.84. The van der Waals surface area contributed by atoms with Gasteiger partial charge >= 0.3 is 0 Å². The van der Waals surface area contributed by atoms with Crippen molar-refractivity contribution in [2.45, 2.75) is 51.8 Å². The van der Waals surface area contributed by atoms with Crippen LogP contribution in [0.3, 0.4) is 0 Å². The topological polar surface area (TPSA) is 88.1 Å². The highest BCUT2D eigenvalue weighted by Crippen LogP contribution is 2.27. The molecule has 1 aliphatic heterocycles. The number of hydrogen-bond donors (Lipinski definition) is 2. The van der Waals surface area contributed by atoms with Gasteiger partial charge in [-0.05, 0) is 49.4 Å². The Kier molecular flexibility index (Phi) is 10.0. The zero-order valence-corrected chi connectivity index (χ0v) is 20.4. The number of aliphatic hydroxyl groups is 1. The van der Waals surface area contributed by atoms with Gasteiger partial charge in [0.25, 0.3) is 0 Å². The molecule has 0 saturated carbocycles. The lowest BCUT2D eigenvalue weighted by Gasteiger charge is -2.37. The largest absolute Gasteiger partial charge is 0.491 e. The molecule has 0 radical (unpaired) electrons. The number of aliphatic hydroxyl groups excluding tert-OH is 1. The minimum Gasteiger partial charge on any atom is -0.491 e. The van der Waals surface area contributed by atoms with E-state index in [0.717, 1.165) is 12.0 Å². The van der Waals surface area contributed by atoms with Crippen LogP contribution in [0, 0.1) is 11.7 Å². The van der Waals surface area contributed by atoms with Gasteiger partial charge in [-0.3, -0.25) is 9.59 Å². The third-order valence-electron chi connectivity index (χ3n) is 6.09. The lowest BCUT2D eigenvalue weighted by molar-refractivity contribution is -0.145. The van der Waals surface area contributed by atoms with Crippen molar-refractivity contribution in [1.82, 2.24) is 10.2 Å². The summed E-state index contributed by atoms with van der Waals surface area (Å²) in [4.78, 5) is 26.9. The lowest BCUT2D eigenvalue weighted by atomic mass is 9.85. The van der Waals surface area contributed by atoms with Crippen LogP contribution in [0.5, 0.6) is 5.75 Å². The van der Waals surface area contributed by atoms with E-state index in [-0.39, 0.29) is 24.8 Å². The molecule has 2 N–H and O–H groups in total. The van der Waals surface area contributed by atoms with Crippen molar-refractivity contribution < 1.29 is 28.6 Å². The van der Waals surface area contributed by atoms with Crippen LogP contribution in [0.2, 0.25) is 0 Å². The maximum atomic E-state index is 14.3. The first-order chi connectivity index (χ1) is 16.9. The zero-order chi connectivity index (χ0) is 25.2. The summed E-state index contributed by atoms with van der Waals surface area (Å²) in [6.45, 7) is 5.57. The average molecular weight is 487 g/mol. The summed E-state index contributed by atoms with van der Waals surface area (Å²) in [6.07, 6.45) is 0.319. The molecule has 3 atom stereocenters. The van der Waals surface area contributed by atoms with Crippen LogP contribution in [0.15, 0.2) is 48.5 Å². The smallest absolute Gasteiger partial charge is 0.228 e. The number of carbonyl (C=O) groups is 2. The van der Waals surface area contributed by atoms with Gasteiger partial charge in [-0.1, -0.05) is 30.3 Å².